The fourth-order valence-electron chi connectivity index (χ4n) is 15.4. The second-order valence-electron chi connectivity index (χ2n) is 26.7. The summed E-state index contributed by atoms with van der Waals surface area (Å²) in [6.07, 6.45) is 0. The molecule has 20 rings (SSSR count). The third-order valence-corrected chi connectivity index (χ3v) is 22.9. The van der Waals surface area contributed by atoms with E-state index in [0.29, 0.717) is 34.9 Å². The maximum absolute atomic E-state index is 5.35. The van der Waals surface area contributed by atoms with Crippen LogP contribution in [0.3, 0.4) is 0 Å². The lowest BCUT2D eigenvalue weighted by Crippen LogP contribution is -2.00. The molecule has 4 aromatic heterocycles. The molecule has 0 saturated heterocycles. The average molecular weight is 1390 g/mol. The number of nitrogens with zero attached hydrogens (tertiary/aromatic N) is 6. The molecule has 0 N–H and O–H groups in total. The van der Waals surface area contributed by atoms with Gasteiger partial charge in [0.05, 0.1) is 0 Å². The van der Waals surface area contributed by atoms with Crippen LogP contribution in [0.1, 0.15) is 0 Å². The summed E-state index contributed by atoms with van der Waals surface area (Å²) in [6, 6.07) is 130. The number of rotatable bonds is 13. The maximum Gasteiger partial charge on any atom is 0.165 e. The van der Waals surface area contributed by atoms with Crippen molar-refractivity contribution in [3.05, 3.63) is 364 Å². The second kappa shape index (κ2) is 26.4. The first-order valence-corrected chi connectivity index (χ1v) is 37.3. The first-order chi connectivity index (χ1) is 52.5. The minimum atomic E-state index is 0.608. The molecule has 0 atom stereocenters. The summed E-state index contributed by atoms with van der Waals surface area (Å²) < 4.78 is 4.78. The summed E-state index contributed by atoms with van der Waals surface area (Å²) in [4.78, 5) is 31.6. The average Bonchev–Trinajstić information content (AvgIpc) is 0.920. The SMILES string of the molecule is c1ccc(-c2nc(-c3cccc(-c4ccc(-c5ccccc5-c5ccccc5)cc4-c4ccc(-c5ccc(-c6c7ccccc7c(-c7cccc(-c8nc(-c9ccccc9)nc(-c9cccc%10c9sc9ccccc9%10)n8)c7)c7ccccc67)cc5)cc4)c3)nc(-c3cccc4c3sc3ccccc34)n2)cc1. The minimum Gasteiger partial charge on any atom is -0.208 e. The van der Waals surface area contributed by atoms with E-state index in [9.17, 15) is 0 Å². The van der Waals surface area contributed by atoms with Crippen LogP contribution in [0.5, 0.6) is 0 Å². The number of fused-ring (bicyclic) bond motifs is 8. The highest BCUT2D eigenvalue weighted by atomic mass is 32.1. The van der Waals surface area contributed by atoms with E-state index in [1.54, 1.807) is 22.7 Å². The van der Waals surface area contributed by atoms with E-state index < -0.39 is 0 Å². The van der Waals surface area contributed by atoms with Gasteiger partial charge in [0.2, 0.25) is 0 Å². The molecule has 0 aliphatic heterocycles. The zero-order valence-corrected chi connectivity index (χ0v) is 58.8. The molecule has 0 amide bonds. The smallest absolute Gasteiger partial charge is 0.165 e. The van der Waals surface area contributed by atoms with Crippen molar-refractivity contribution in [2.24, 2.45) is 0 Å². The molecule has 0 saturated carbocycles. The quantitative estimate of drug-likeness (QED) is 0.107. The molecule has 106 heavy (non-hydrogen) atoms. The van der Waals surface area contributed by atoms with Gasteiger partial charge in [-0.1, -0.05) is 322 Å². The molecule has 0 radical (unpaired) electrons. The molecule has 20 aromatic rings. The Morgan fingerprint density at radius 1 is 0.151 bits per heavy atom. The summed E-state index contributed by atoms with van der Waals surface area (Å²) in [7, 11) is 0. The summed E-state index contributed by atoms with van der Waals surface area (Å²) in [5.74, 6) is 3.77. The van der Waals surface area contributed by atoms with E-state index in [1.165, 1.54) is 69.2 Å². The zero-order chi connectivity index (χ0) is 70.0. The lowest BCUT2D eigenvalue weighted by atomic mass is 9.85. The van der Waals surface area contributed by atoms with Gasteiger partial charge in [-0.05, 0) is 142 Å². The summed E-state index contributed by atoms with van der Waals surface area (Å²) in [5.41, 5.74) is 21.5. The molecule has 6 nitrogen and oxygen atoms in total. The van der Waals surface area contributed by atoms with E-state index in [0.717, 1.165) is 104 Å². The fourth-order valence-corrected chi connectivity index (χ4v) is 17.8. The normalized spacial score (nSPS) is 11.6. The van der Waals surface area contributed by atoms with E-state index in [2.05, 4.69) is 328 Å². The zero-order valence-electron chi connectivity index (χ0n) is 57.1. The van der Waals surface area contributed by atoms with Crippen LogP contribution in [-0.4, -0.2) is 29.9 Å². The monoisotopic (exact) mass is 1380 g/mol. The molecule has 8 heteroatoms. The Bertz CT molecular complexity index is 6750. The Morgan fingerprint density at radius 2 is 0.443 bits per heavy atom. The van der Waals surface area contributed by atoms with Gasteiger partial charge in [-0.25, -0.2) is 29.9 Å². The van der Waals surface area contributed by atoms with Crippen LogP contribution in [0.2, 0.25) is 0 Å². The first-order valence-electron chi connectivity index (χ1n) is 35.6. The number of hydrogen-bond donors (Lipinski definition) is 0. The van der Waals surface area contributed by atoms with Gasteiger partial charge in [-0.3, -0.25) is 0 Å². The van der Waals surface area contributed by atoms with Crippen LogP contribution in [0.15, 0.2) is 364 Å². The molecule has 16 aromatic carbocycles. The standard InChI is InChI=1S/C98H60N6S2/c1-4-24-63(25-5-1)73-34-10-11-35-74(73)69-56-57-75(68-30-20-32-71(58-68)95-99-93(66-26-6-2-7-27-66)101-97(103-95)84-44-22-42-82-76-36-16-18-46-87(76)105-91(82)84)86(60-69)64-52-48-61(49-53-64)62-50-54-65(55-51-62)89-78-38-12-14-40-80(78)90(81-41-15-13-39-79(81)89)70-31-21-33-72(59-70)96-100-94(67-28-8-3-9-29-67)102-98(104-96)85-45-23-43-83-77-37-17-19-47-88(77)106-92(83)85/h1-60H. The van der Waals surface area contributed by atoms with Gasteiger partial charge < -0.3 is 0 Å². The van der Waals surface area contributed by atoms with Crippen LogP contribution in [0, 0.1) is 0 Å². The van der Waals surface area contributed by atoms with Gasteiger partial charge in [-0.2, -0.15) is 0 Å². The number of aromatic nitrogens is 6. The van der Waals surface area contributed by atoms with E-state index in [-0.39, 0.29) is 0 Å². The lowest BCUT2D eigenvalue weighted by molar-refractivity contribution is 1.08. The van der Waals surface area contributed by atoms with Crippen LogP contribution < -0.4 is 0 Å². The topological polar surface area (TPSA) is 77.3 Å². The Morgan fingerprint density at radius 3 is 0.943 bits per heavy atom. The Hall–Kier alpha value is -13.5. The van der Waals surface area contributed by atoms with Crippen molar-refractivity contribution in [3.63, 3.8) is 0 Å². The molecule has 494 valence electrons. The van der Waals surface area contributed by atoms with Crippen molar-refractivity contribution in [2.75, 3.05) is 0 Å². The van der Waals surface area contributed by atoms with Crippen molar-refractivity contribution >= 4 is 84.6 Å². The molecule has 0 aliphatic carbocycles. The van der Waals surface area contributed by atoms with Gasteiger partial charge in [0.25, 0.3) is 0 Å². The third kappa shape index (κ3) is 11.2. The van der Waals surface area contributed by atoms with Crippen molar-refractivity contribution in [1.82, 2.24) is 29.9 Å². The molecule has 4 heterocycles. The van der Waals surface area contributed by atoms with Crippen molar-refractivity contribution in [3.8, 4) is 146 Å². The number of benzene rings is 16. The van der Waals surface area contributed by atoms with E-state index in [4.69, 9.17) is 29.9 Å². The van der Waals surface area contributed by atoms with Crippen LogP contribution in [0.25, 0.3) is 208 Å². The third-order valence-electron chi connectivity index (χ3n) is 20.4. The molecule has 0 aliphatic rings. The van der Waals surface area contributed by atoms with Crippen LogP contribution >= 0.6 is 22.7 Å². The minimum absolute atomic E-state index is 0.608. The Kier molecular flexibility index (Phi) is 15.5. The Labute approximate surface area is 620 Å². The van der Waals surface area contributed by atoms with Gasteiger partial charge in [0.1, 0.15) is 0 Å². The van der Waals surface area contributed by atoms with Gasteiger partial charge in [0.15, 0.2) is 34.9 Å². The maximum atomic E-state index is 5.35. The summed E-state index contributed by atoms with van der Waals surface area (Å²) >= 11 is 3.56. The molecule has 0 fully saturated rings. The number of hydrogen-bond acceptors (Lipinski definition) is 8. The van der Waals surface area contributed by atoms with Gasteiger partial charge >= 0.3 is 0 Å². The first kappa shape index (κ1) is 62.3. The van der Waals surface area contributed by atoms with Crippen molar-refractivity contribution in [2.45, 2.75) is 0 Å². The van der Waals surface area contributed by atoms with Crippen LogP contribution in [-0.2, 0) is 0 Å². The largest absolute Gasteiger partial charge is 0.208 e. The van der Waals surface area contributed by atoms with E-state index in [1.807, 2.05) is 36.4 Å². The highest BCUT2D eigenvalue weighted by Gasteiger charge is 2.23. The highest BCUT2D eigenvalue weighted by Crippen LogP contribution is 2.48. The molecule has 0 bridgehead atoms. The molecular weight excluding hydrogens is 1330 g/mol. The lowest BCUT2D eigenvalue weighted by Gasteiger charge is -2.18. The van der Waals surface area contributed by atoms with Crippen LogP contribution in [0.4, 0.5) is 0 Å². The van der Waals surface area contributed by atoms with E-state index >= 15 is 0 Å². The Balaban J connectivity index is 0.661. The molecule has 0 spiro atoms. The molecule has 0 unspecified atom stereocenters. The number of thiophene rings is 2. The van der Waals surface area contributed by atoms with Crippen molar-refractivity contribution in [1.29, 1.82) is 0 Å². The highest BCUT2D eigenvalue weighted by molar-refractivity contribution is 7.26. The predicted octanol–water partition coefficient (Wildman–Crippen LogP) is 26.8. The summed E-state index contributed by atoms with van der Waals surface area (Å²) in [6.45, 7) is 0. The summed E-state index contributed by atoms with van der Waals surface area (Å²) in [5, 5.41) is 9.54. The van der Waals surface area contributed by atoms with Gasteiger partial charge in [0, 0.05) is 73.7 Å². The second-order valence-corrected chi connectivity index (χ2v) is 28.8. The predicted molar refractivity (Wildman–Crippen MR) is 445 cm³/mol. The molecular formula is C98H60N6S2. The fraction of sp³-hybridized carbons (Fsp3) is 0. The van der Waals surface area contributed by atoms with Gasteiger partial charge in [-0.15, -0.1) is 22.7 Å². The van der Waals surface area contributed by atoms with Crippen molar-refractivity contribution < 1.29 is 0 Å².